The van der Waals surface area contributed by atoms with Crippen molar-refractivity contribution >= 4 is 21.6 Å². The SMILES string of the molecule is Cc1cccc(OCCNC(=O)c2ccc(CN(c3ccccc3F)S(C)(=O)=O)cc2)c1C. The van der Waals surface area contributed by atoms with Crippen LogP contribution in [0.1, 0.15) is 27.0 Å². The van der Waals surface area contributed by atoms with Crippen LogP contribution in [-0.4, -0.2) is 33.7 Å². The summed E-state index contributed by atoms with van der Waals surface area (Å²) in [6.45, 7) is 4.62. The van der Waals surface area contributed by atoms with Gasteiger partial charge >= 0.3 is 0 Å². The summed E-state index contributed by atoms with van der Waals surface area (Å²) in [6, 6.07) is 18.1. The van der Waals surface area contributed by atoms with Crippen molar-refractivity contribution < 1.29 is 22.3 Å². The number of para-hydroxylation sites is 1. The molecule has 3 aromatic carbocycles. The van der Waals surface area contributed by atoms with Gasteiger partial charge in [0, 0.05) is 5.56 Å². The number of benzene rings is 3. The Labute approximate surface area is 194 Å². The van der Waals surface area contributed by atoms with Gasteiger partial charge in [0.05, 0.1) is 25.0 Å². The molecule has 33 heavy (non-hydrogen) atoms. The van der Waals surface area contributed by atoms with Crippen molar-refractivity contribution in [2.45, 2.75) is 20.4 Å². The van der Waals surface area contributed by atoms with Gasteiger partial charge in [-0.2, -0.15) is 0 Å². The van der Waals surface area contributed by atoms with Crippen molar-refractivity contribution in [3.63, 3.8) is 0 Å². The van der Waals surface area contributed by atoms with E-state index in [1.165, 1.54) is 18.2 Å². The zero-order chi connectivity index (χ0) is 24.0. The highest BCUT2D eigenvalue weighted by Crippen LogP contribution is 2.24. The Kier molecular flexibility index (Phi) is 7.71. The molecule has 3 aromatic rings. The van der Waals surface area contributed by atoms with E-state index in [-0.39, 0.29) is 18.1 Å². The highest BCUT2D eigenvalue weighted by Gasteiger charge is 2.21. The highest BCUT2D eigenvalue weighted by atomic mass is 32.2. The second-order valence-electron chi connectivity index (χ2n) is 7.72. The predicted molar refractivity (Wildman–Crippen MR) is 128 cm³/mol. The van der Waals surface area contributed by atoms with Crippen LogP contribution in [0, 0.1) is 19.7 Å². The zero-order valence-electron chi connectivity index (χ0n) is 18.8. The lowest BCUT2D eigenvalue weighted by Gasteiger charge is -2.23. The fraction of sp³-hybridized carbons (Fsp3) is 0.240. The third kappa shape index (κ3) is 6.32. The van der Waals surface area contributed by atoms with Crippen LogP contribution in [0.3, 0.4) is 0 Å². The van der Waals surface area contributed by atoms with Crippen LogP contribution in [0.4, 0.5) is 10.1 Å². The third-order valence-corrected chi connectivity index (χ3v) is 6.39. The summed E-state index contributed by atoms with van der Waals surface area (Å²) in [5.41, 5.74) is 3.24. The van der Waals surface area contributed by atoms with Crippen molar-refractivity contribution in [1.82, 2.24) is 5.32 Å². The van der Waals surface area contributed by atoms with Crippen molar-refractivity contribution in [1.29, 1.82) is 0 Å². The maximum Gasteiger partial charge on any atom is 0.251 e. The van der Waals surface area contributed by atoms with Crippen molar-refractivity contribution in [2.24, 2.45) is 0 Å². The normalized spacial score (nSPS) is 11.2. The Morgan fingerprint density at radius 1 is 1.00 bits per heavy atom. The van der Waals surface area contributed by atoms with Gasteiger partial charge < -0.3 is 10.1 Å². The zero-order valence-corrected chi connectivity index (χ0v) is 19.7. The van der Waals surface area contributed by atoms with E-state index >= 15 is 0 Å². The van der Waals surface area contributed by atoms with Crippen LogP contribution in [0.25, 0.3) is 0 Å². The molecule has 3 rings (SSSR count). The summed E-state index contributed by atoms with van der Waals surface area (Å²) < 4.78 is 45.4. The molecule has 6 nitrogen and oxygen atoms in total. The van der Waals surface area contributed by atoms with Crippen molar-refractivity contribution in [3.8, 4) is 5.75 Å². The highest BCUT2D eigenvalue weighted by molar-refractivity contribution is 7.92. The van der Waals surface area contributed by atoms with Gasteiger partial charge in [-0.15, -0.1) is 0 Å². The Balaban J connectivity index is 1.59. The Morgan fingerprint density at radius 3 is 2.36 bits per heavy atom. The Hall–Kier alpha value is -3.39. The van der Waals surface area contributed by atoms with Gasteiger partial charge in [0.15, 0.2) is 0 Å². The van der Waals surface area contributed by atoms with E-state index in [1.807, 2.05) is 32.0 Å². The van der Waals surface area contributed by atoms with E-state index in [0.717, 1.165) is 27.4 Å². The molecule has 0 aliphatic carbocycles. The summed E-state index contributed by atoms with van der Waals surface area (Å²) in [6.07, 6.45) is 1.03. The fourth-order valence-corrected chi connectivity index (χ4v) is 4.16. The van der Waals surface area contributed by atoms with E-state index in [2.05, 4.69) is 5.32 Å². The summed E-state index contributed by atoms with van der Waals surface area (Å²) in [7, 11) is -3.71. The number of anilines is 1. The molecule has 0 spiro atoms. The Morgan fingerprint density at radius 2 is 1.70 bits per heavy atom. The molecule has 0 heterocycles. The average molecular weight is 471 g/mol. The summed E-state index contributed by atoms with van der Waals surface area (Å²) in [5.74, 6) is -0.0962. The molecular weight excluding hydrogens is 443 g/mol. The lowest BCUT2D eigenvalue weighted by molar-refractivity contribution is 0.0947. The van der Waals surface area contributed by atoms with Gasteiger partial charge in [0.1, 0.15) is 18.2 Å². The number of carbonyl (C=O) groups excluding carboxylic acids is 1. The lowest BCUT2D eigenvalue weighted by atomic mass is 10.1. The lowest BCUT2D eigenvalue weighted by Crippen LogP contribution is -2.30. The summed E-state index contributed by atoms with van der Waals surface area (Å²) in [4.78, 5) is 12.4. The number of rotatable bonds is 9. The molecule has 0 aliphatic heterocycles. The minimum absolute atomic E-state index is 0.0225. The number of carbonyl (C=O) groups is 1. The first-order valence-corrected chi connectivity index (χ1v) is 12.3. The summed E-state index contributed by atoms with van der Waals surface area (Å²) in [5, 5.41) is 2.80. The van der Waals surface area contributed by atoms with E-state index in [1.54, 1.807) is 30.3 Å². The number of hydrogen-bond donors (Lipinski definition) is 1. The number of sulfonamides is 1. The fourth-order valence-electron chi connectivity index (χ4n) is 3.27. The molecule has 0 fully saturated rings. The largest absolute Gasteiger partial charge is 0.491 e. The molecule has 0 bridgehead atoms. The van der Waals surface area contributed by atoms with Gasteiger partial charge in [-0.3, -0.25) is 9.10 Å². The van der Waals surface area contributed by atoms with Crippen LogP contribution in [-0.2, 0) is 16.6 Å². The average Bonchev–Trinajstić information content (AvgIpc) is 2.78. The van der Waals surface area contributed by atoms with Crippen LogP contribution in [0.15, 0.2) is 66.7 Å². The smallest absolute Gasteiger partial charge is 0.251 e. The van der Waals surface area contributed by atoms with E-state index in [0.29, 0.717) is 24.3 Å². The molecule has 0 aliphatic rings. The van der Waals surface area contributed by atoms with Crippen LogP contribution >= 0.6 is 0 Å². The third-order valence-electron chi connectivity index (χ3n) is 5.26. The first-order chi connectivity index (χ1) is 15.7. The summed E-state index contributed by atoms with van der Waals surface area (Å²) >= 11 is 0. The molecule has 8 heteroatoms. The van der Waals surface area contributed by atoms with E-state index in [9.17, 15) is 17.6 Å². The van der Waals surface area contributed by atoms with Gasteiger partial charge in [0.25, 0.3) is 5.91 Å². The number of hydrogen-bond acceptors (Lipinski definition) is 4. The topological polar surface area (TPSA) is 75.7 Å². The van der Waals surface area contributed by atoms with E-state index in [4.69, 9.17) is 4.74 Å². The van der Waals surface area contributed by atoms with E-state index < -0.39 is 15.8 Å². The van der Waals surface area contributed by atoms with Crippen LogP contribution in [0.5, 0.6) is 5.75 Å². The molecule has 0 saturated carbocycles. The standard InChI is InChI=1S/C25H27FN2O4S/c1-18-7-6-10-24(19(18)2)32-16-15-27-25(29)21-13-11-20(12-14-21)17-28(33(3,30)31)23-9-5-4-8-22(23)26/h4-14H,15-17H2,1-3H3,(H,27,29). The van der Waals surface area contributed by atoms with Crippen molar-refractivity contribution in [2.75, 3.05) is 23.7 Å². The minimum atomic E-state index is -3.71. The maximum absolute atomic E-state index is 14.2. The molecule has 0 unspecified atom stereocenters. The molecule has 0 radical (unpaired) electrons. The molecule has 0 atom stereocenters. The minimum Gasteiger partial charge on any atom is -0.491 e. The monoisotopic (exact) mass is 470 g/mol. The number of ether oxygens (including phenoxy) is 1. The molecule has 0 saturated heterocycles. The number of aryl methyl sites for hydroxylation is 1. The van der Waals surface area contributed by atoms with Crippen molar-refractivity contribution in [3.05, 3.63) is 94.8 Å². The second-order valence-corrected chi connectivity index (χ2v) is 9.63. The van der Waals surface area contributed by atoms with Gasteiger partial charge in [0.2, 0.25) is 10.0 Å². The number of nitrogens with one attached hydrogen (secondary N) is 1. The maximum atomic E-state index is 14.2. The van der Waals surface area contributed by atoms with Gasteiger partial charge in [-0.05, 0) is 60.9 Å². The van der Waals surface area contributed by atoms with Gasteiger partial charge in [-0.25, -0.2) is 12.8 Å². The molecule has 174 valence electrons. The quantitative estimate of drug-likeness (QED) is 0.475. The molecule has 1 amide bonds. The predicted octanol–water partition coefficient (Wildman–Crippen LogP) is 4.22. The first kappa shape index (κ1) is 24.3. The number of nitrogens with zero attached hydrogens (tertiary/aromatic N) is 1. The first-order valence-electron chi connectivity index (χ1n) is 10.4. The number of amides is 1. The molecule has 1 N–H and O–H groups in total. The number of halogens is 1. The van der Waals surface area contributed by atoms with Gasteiger partial charge in [-0.1, -0.05) is 36.4 Å². The molecule has 0 aromatic heterocycles. The molecular formula is C25H27FN2O4S. The van der Waals surface area contributed by atoms with Crippen LogP contribution < -0.4 is 14.4 Å². The second kappa shape index (κ2) is 10.5. The van der Waals surface area contributed by atoms with Crippen LogP contribution in [0.2, 0.25) is 0 Å². The Bertz CT molecular complexity index is 1230.